The van der Waals surface area contributed by atoms with Gasteiger partial charge in [-0.3, -0.25) is 4.79 Å². The van der Waals surface area contributed by atoms with Gasteiger partial charge in [0.25, 0.3) is 0 Å². The number of carbonyl (C=O) groups excluding carboxylic acids is 2. The number of fused-ring (bicyclic) bond motifs is 1. The number of benzene rings is 4. The summed E-state index contributed by atoms with van der Waals surface area (Å²) in [6, 6.07) is 13.6. The van der Waals surface area contributed by atoms with Gasteiger partial charge in [-0.05, 0) is 54.1 Å². The van der Waals surface area contributed by atoms with E-state index in [2.05, 4.69) is 5.32 Å². The molecular formula is C39H40FNO12. The van der Waals surface area contributed by atoms with Gasteiger partial charge < -0.3 is 52.7 Å². The summed E-state index contributed by atoms with van der Waals surface area (Å²) >= 11 is 0. The largest absolute Gasteiger partial charge is 0.496 e. The highest BCUT2D eigenvalue weighted by Crippen LogP contribution is 2.47. The van der Waals surface area contributed by atoms with Gasteiger partial charge in [0.15, 0.2) is 29.1 Å². The standard InChI is InChI=1S/C39H40FNO12/c1-44-24-18-28(45-2)25-20-34(36(52-29(25)19-24)23-16-32(48-5)38(51-8)33(17-23)49-6)53-39(43)22-10-11-26(40)27(15-22)41-35(42)12-9-21-13-30(46-3)37(50-7)31(14-21)47-4/h9-19,34,36H,20H2,1-8H3,(H,41,42)/b12-9+/t34-,36+/m0/s1. The second-order valence-electron chi connectivity index (χ2n) is 11.4. The third-order valence-electron chi connectivity index (χ3n) is 8.44. The number of rotatable bonds is 14. The zero-order valence-electron chi connectivity index (χ0n) is 30.5. The summed E-state index contributed by atoms with van der Waals surface area (Å²) in [6.45, 7) is 0. The number of nitrogens with one attached hydrogen (secondary N) is 1. The summed E-state index contributed by atoms with van der Waals surface area (Å²) < 4.78 is 71.3. The van der Waals surface area contributed by atoms with Gasteiger partial charge in [-0.25, -0.2) is 9.18 Å². The van der Waals surface area contributed by atoms with Crippen molar-refractivity contribution >= 4 is 23.6 Å². The lowest BCUT2D eigenvalue weighted by Gasteiger charge is -2.34. The molecule has 1 amide bonds. The highest BCUT2D eigenvalue weighted by Gasteiger charge is 2.38. The Morgan fingerprint density at radius 3 is 1.85 bits per heavy atom. The van der Waals surface area contributed by atoms with Gasteiger partial charge in [0.1, 0.15) is 29.2 Å². The predicted molar refractivity (Wildman–Crippen MR) is 192 cm³/mol. The van der Waals surface area contributed by atoms with Gasteiger partial charge in [0.2, 0.25) is 17.4 Å². The summed E-state index contributed by atoms with van der Waals surface area (Å²) in [6.07, 6.45) is 1.06. The van der Waals surface area contributed by atoms with E-state index in [4.69, 9.17) is 47.4 Å². The quantitative estimate of drug-likeness (QED) is 0.113. The monoisotopic (exact) mass is 733 g/mol. The summed E-state index contributed by atoms with van der Waals surface area (Å²) in [7, 11) is 11.9. The second-order valence-corrected chi connectivity index (χ2v) is 11.4. The molecule has 4 aromatic carbocycles. The van der Waals surface area contributed by atoms with E-state index in [0.717, 1.165) is 6.07 Å². The van der Waals surface area contributed by atoms with E-state index in [1.807, 2.05) is 0 Å². The highest BCUT2D eigenvalue weighted by atomic mass is 19.1. The van der Waals surface area contributed by atoms with Crippen LogP contribution >= 0.6 is 0 Å². The number of hydrogen-bond donors (Lipinski definition) is 1. The molecule has 14 heteroatoms. The molecule has 0 unspecified atom stereocenters. The SMILES string of the molecule is COc1cc(OC)c2c(c1)O[C@H](c1cc(OC)c(OC)c(OC)c1)[C@@H](OC(=O)c1ccc(F)c(NC(=O)/C=C/c3cc(OC)c(OC)c(OC)c3)c1)C2. The summed E-state index contributed by atoms with van der Waals surface area (Å²) in [4.78, 5) is 26.7. The van der Waals surface area contributed by atoms with Crippen molar-refractivity contribution in [3.8, 4) is 51.7 Å². The summed E-state index contributed by atoms with van der Waals surface area (Å²) in [5.41, 5.74) is 1.49. The number of ether oxygens (including phenoxy) is 10. The fourth-order valence-corrected chi connectivity index (χ4v) is 5.87. The maximum absolute atomic E-state index is 15.0. The Bertz CT molecular complexity index is 1960. The zero-order chi connectivity index (χ0) is 38.2. The van der Waals surface area contributed by atoms with E-state index in [9.17, 15) is 14.0 Å². The van der Waals surface area contributed by atoms with E-state index in [1.165, 1.54) is 81.2 Å². The molecule has 1 aliphatic rings. The van der Waals surface area contributed by atoms with Gasteiger partial charge in [-0.1, -0.05) is 0 Å². The zero-order valence-corrected chi connectivity index (χ0v) is 30.5. The average Bonchev–Trinajstić information content (AvgIpc) is 3.18. The minimum absolute atomic E-state index is 0.0218. The fourth-order valence-electron chi connectivity index (χ4n) is 5.87. The number of carbonyl (C=O) groups is 2. The van der Waals surface area contributed by atoms with E-state index in [-0.39, 0.29) is 17.7 Å². The number of halogens is 1. The molecule has 280 valence electrons. The molecule has 0 aromatic heterocycles. The summed E-state index contributed by atoms with van der Waals surface area (Å²) in [5, 5.41) is 2.48. The van der Waals surface area contributed by atoms with Crippen LogP contribution in [0.5, 0.6) is 51.7 Å². The van der Waals surface area contributed by atoms with Crippen LogP contribution in [0.3, 0.4) is 0 Å². The number of anilines is 1. The van der Waals surface area contributed by atoms with Crippen LogP contribution in [0.2, 0.25) is 0 Å². The van der Waals surface area contributed by atoms with Crippen LogP contribution < -0.4 is 47.9 Å². The average molecular weight is 734 g/mol. The van der Waals surface area contributed by atoms with Crippen LogP contribution in [0.15, 0.2) is 60.7 Å². The molecule has 1 heterocycles. The highest BCUT2D eigenvalue weighted by molar-refractivity contribution is 6.03. The van der Waals surface area contributed by atoms with Crippen molar-refractivity contribution < 1.29 is 61.3 Å². The maximum atomic E-state index is 15.0. The second kappa shape index (κ2) is 16.8. The van der Waals surface area contributed by atoms with Gasteiger partial charge in [0.05, 0.1) is 68.1 Å². The molecule has 0 saturated heterocycles. The van der Waals surface area contributed by atoms with Gasteiger partial charge >= 0.3 is 5.97 Å². The maximum Gasteiger partial charge on any atom is 0.338 e. The molecule has 53 heavy (non-hydrogen) atoms. The normalized spacial score (nSPS) is 14.7. The van der Waals surface area contributed by atoms with Gasteiger partial charge in [-0.15, -0.1) is 0 Å². The molecule has 0 spiro atoms. The number of amides is 1. The first-order valence-electron chi connectivity index (χ1n) is 16.1. The Balaban J connectivity index is 1.43. The smallest absolute Gasteiger partial charge is 0.338 e. The van der Waals surface area contributed by atoms with Crippen LogP contribution in [0.4, 0.5) is 10.1 Å². The minimum atomic E-state index is -0.926. The van der Waals surface area contributed by atoms with Crippen molar-refractivity contribution in [2.75, 3.05) is 62.2 Å². The molecule has 1 N–H and O–H groups in total. The Morgan fingerprint density at radius 2 is 1.30 bits per heavy atom. The van der Waals surface area contributed by atoms with Crippen molar-refractivity contribution in [3.63, 3.8) is 0 Å². The molecule has 0 bridgehead atoms. The van der Waals surface area contributed by atoms with Crippen LogP contribution in [0, 0.1) is 5.82 Å². The Hall–Kier alpha value is -6.31. The van der Waals surface area contributed by atoms with Gasteiger partial charge in [0, 0.05) is 35.8 Å². The predicted octanol–water partition coefficient (Wildman–Crippen LogP) is 6.45. The first kappa shape index (κ1) is 37.9. The lowest BCUT2D eigenvalue weighted by atomic mass is 9.93. The van der Waals surface area contributed by atoms with Crippen LogP contribution in [0.1, 0.15) is 33.2 Å². The van der Waals surface area contributed by atoms with Crippen molar-refractivity contribution in [2.24, 2.45) is 0 Å². The van der Waals surface area contributed by atoms with E-state index in [1.54, 1.807) is 36.4 Å². The molecule has 1 aliphatic heterocycles. The fraction of sp³-hybridized carbons (Fsp3) is 0.282. The molecule has 0 aliphatic carbocycles. The molecule has 5 rings (SSSR count). The first-order chi connectivity index (χ1) is 25.6. The molecule has 0 saturated carbocycles. The first-order valence-corrected chi connectivity index (χ1v) is 16.1. The van der Waals surface area contributed by atoms with Crippen LogP contribution in [-0.2, 0) is 16.0 Å². The van der Waals surface area contributed by atoms with Crippen LogP contribution in [-0.4, -0.2) is 74.9 Å². The third kappa shape index (κ3) is 8.11. The van der Waals surface area contributed by atoms with Crippen molar-refractivity contribution in [2.45, 2.75) is 18.6 Å². The Morgan fingerprint density at radius 1 is 0.717 bits per heavy atom. The van der Waals surface area contributed by atoms with Crippen molar-refractivity contribution in [1.29, 1.82) is 0 Å². The van der Waals surface area contributed by atoms with Crippen molar-refractivity contribution in [1.82, 2.24) is 0 Å². The van der Waals surface area contributed by atoms with Crippen molar-refractivity contribution in [3.05, 3.63) is 88.7 Å². The number of methoxy groups -OCH3 is 8. The molecular weight excluding hydrogens is 693 g/mol. The topological polar surface area (TPSA) is 138 Å². The third-order valence-corrected chi connectivity index (χ3v) is 8.44. The molecule has 2 atom stereocenters. The Labute approximate surface area is 306 Å². The molecule has 0 radical (unpaired) electrons. The summed E-state index contributed by atoms with van der Waals surface area (Å²) in [5.74, 6) is 1.47. The van der Waals surface area contributed by atoms with E-state index >= 15 is 0 Å². The van der Waals surface area contributed by atoms with E-state index < -0.39 is 29.9 Å². The lowest BCUT2D eigenvalue weighted by molar-refractivity contribution is -0.111. The molecule has 0 fully saturated rings. The van der Waals surface area contributed by atoms with Crippen LogP contribution in [0.25, 0.3) is 6.08 Å². The van der Waals surface area contributed by atoms with E-state index in [0.29, 0.717) is 68.4 Å². The molecule has 13 nitrogen and oxygen atoms in total. The lowest BCUT2D eigenvalue weighted by Crippen LogP contribution is -2.35. The molecule has 4 aromatic rings. The Kier molecular flexibility index (Phi) is 12.0. The number of esters is 1. The van der Waals surface area contributed by atoms with Gasteiger partial charge in [-0.2, -0.15) is 0 Å². The number of hydrogen-bond acceptors (Lipinski definition) is 12. The minimum Gasteiger partial charge on any atom is -0.496 e.